The molecule has 1 fully saturated rings. The van der Waals surface area contributed by atoms with E-state index in [1.807, 2.05) is 0 Å². The summed E-state index contributed by atoms with van der Waals surface area (Å²) in [5.74, 6) is 0.563. The van der Waals surface area contributed by atoms with Crippen LogP contribution in [-0.4, -0.2) is 16.1 Å². The highest BCUT2D eigenvalue weighted by molar-refractivity contribution is 5.11. The van der Waals surface area contributed by atoms with Crippen molar-refractivity contribution in [3.8, 4) is 5.75 Å². The Morgan fingerprint density at radius 1 is 1.23 bits per heavy atom. The standard InChI is InChI=1S/C9H11FN2O/c10-9-11-5-8(6-12-9)13-7-3-1-2-4-7/h5-7H,1-4H2. The number of hydrogen-bond donors (Lipinski definition) is 0. The van der Waals surface area contributed by atoms with Gasteiger partial charge in [-0.1, -0.05) is 0 Å². The van der Waals surface area contributed by atoms with Crippen molar-refractivity contribution in [3.05, 3.63) is 18.5 Å². The summed E-state index contributed by atoms with van der Waals surface area (Å²) in [7, 11) is 0. The molecule has 1 saturated carbocycles. The Morgan fingerprint density at radius 3 is 2.46 bits per heavy atom. The van der Waals surface area contributed by atoms with E-state index < -0.39 is 6.08 Å². The summed E-state index contributed by atoms with van der Waals surface area (Å²) in [4.78, 5) is 6.84. The molecule has 1 aromatic heterocycles. The SMILES string of the molecule is Fc1ncc(OC2CCCC2)cn1. The maximum absolute atomic E-state index is 12.3. The highest BCUT2D eigenvalue weighted by atomic mass is 19.1. The molecular weight excluding hydrogens is 171 g/mol. The summed E-state index contributed by atoms with van der Waals surface area (Å²) >= 11 is 0. The summed E-state index contributed by atoms with van der Waals surface area (Å²) in [6.07, 6.45) is 6.91. The minimum absolute atomic E-state index is 0.272. The number of aromatic nitrogens is 2. The molecule has 0 unspecified atom stereocenters. The van der Waals surface area contributed by atoms with E-state index in [1.165, 1.54) is 25.2 Å². The lowest BCUT2D eigenvalue weighted by molar-refractivity contribution is 0.207. The molecule has 13 heavy (non-hydrogen) atoms. The second kappa shape index (κ2) is 3.68. The molecule has 2 rings (SSSR count). The van der Waals surface area contributed by atoms with Gasteiger partial charge in [-0.25, -0.2) is 9.97 Å². The van der Waals surface area contributed by atoms with Crippen LogP contribution in [0.4, 0.5) is 4.39 Å². The average Bonchev–Trinajstić information content (AvgIpc) is 2.62. The van der Waals surface area contributed by atoms with Gasteiger partial charge in [-0.05, 0) is 25.7 Å². The predicted octanol–water partition coefficient (Wildman–Crippen LogP) is 1.94. The van der Waals surface area contributed by atoms with Crippen LogP contribution in [0.15, 0.2) is 12.4 Å². The van der Waals surface area contributed by atoms with Crippen molar-refractivity contribution in [2.45, 2.75) is 31.8 Å². The van der Waals surface area contributed by atoms with Gasteiger partial charge >= 0.3 is 6.08 Å². The van der Waals surface area contributed by atoms with Crippen LogP contribution in [-0.2, 0) is 0 Å². The van der Waals surface area contributed by atoms with Crippen LogP contribution < -0.4 is 4.74 Å². The molecule has 0 amide bonds. The molecule has 0 spiro atoms. The van der Waals surface area contributed by atoms with E-state index in [0.29, 0.717) is 5.75 Å². The molecule has 3 nitrogen and oxygen atoms in total. The third-order valence-corrected chi connectivity index (χ3v) is 2.20. The molecule has 0 bridgehead atoms. The number of nitrogens with zero attached hydrogens (tertiary/aromatic N) is 2. The number of halogens is 1. The van der Waals surface area contributed by atoms with Gasteiger partial charge in [0.2, 0.25) is 0 Å². The van der Waals surface area contributed by atoms with Crippen molar-refractivity contribution in [1.82, 2.24) is 9.97 Å². The first-order valence-electron chi connectivity index (χ1n) is 4.49. The molecule has 4 heteroatoms. The molecule has 0 saturated heterocycles. The smallest absolute Gasteiger partial charge is 0.308 e. The molecule has 1 aliphatic rings. The summed E-state index contributed by atoms with van der Waals surface area (Å²) in [5, 5.41) is 0. The molecule has 0 aliphatic heterocycles. The fourth-order valence-electron chi connectivity index (χ4n) is 1.56. The highest BCUT2D eigenvalue weighted by Crippen LogP contribution is 2.22. The maximum Gasteiger partial charge on any atom is 0.308 e. The molecule has 0 radical (unpaired) electrons. The van der Waals surface area contributed by atoms with Crippen LogP contribution in [0.25, 0.3) is 0 Å². The van der Waals surface area contributed by atoms with Crippen molar-refractivity contribution in [3.63, 3.8) is 0 Å². The molecule has 70 valence electrons. The lowest BCUT2D eigenvalue weighted by atomic mass is 10.3. The monoisotopic (exact) mass is 182 g/mol. The van der Waals surface area contributed by atoms with Gasteiger partial charge in [-0.2, -0.15) is 4.39 Å². The maximum atomic E-state index is 12.3. The number of ether oxygens (including phenoxy) is 1. The average molecular weight is 182 g/mol. The first-order chi connectivity index (χ1) is 6.34. The number of hydrogen-bond acceptors (Lipinski definition) is 3. The lowest BCUT2D eigenvalue weighted by Gasteiger charge is -2.11. The minimum Gasteiger partial charge on any atom is -0.487 e. The van der Waals surface area contributed by atoms with Crippen molar-refractivity contribution in [2.24, 2.45) is 0 Å². The van der Waals surface area contributed by atoms with Gasteiger partial charge in [-0.3, -0.25) is 0 Å². The Labute approximate surface area is 76.0 Å². The number of rotatable bonds is 2. The van der Waals surface area contributed by atoms with E-state index in [4.69, 9.17) is 4.74 Å². The quantitative estimate of drug-likeness (QED) is 0.655. The van der Waals surface area contributed by atoms with Crippen LogP contribution in [0.2, 0.25) is 0 Å². The Balaban J connectivity index is 1.97. The Kier molecular flexibility index (Phi) is 2.38. The van der Waals surface area contributed by atoms with Crippen LogP contribution in [0, 0.1) is 6.08 Å². The van der Waals surface area contributed by atoms with Gasteiger partial charge in [0.25, 0.3) is 0 Å². The molecule has 0 N–H and O–H groups in total. The largest absolute Gasteiger partial charge is 0.487 e. The molecular formula is C9H11FN2O. The van der Waals surface area contributed by atoms with E-state index in [2.05, 4.69) is 9.97 Å². The van der Waals surface area contributed by atoms with E-state index in [9.17, 15) is 4.39 Å². The fraction of sp³-hybridized carbons (Fsp3) is 0.556. The van der Waals surface area contributed by atoms with E-state index >= 15 is 0 Å². The third kappa shape index (κ3) is 2.14. The van der Waals surface area contributed by atoms with Crippen molar-refractivity contribution in [2.75, 3.05) is 0 Å². The predicted molar refractivity (Wildman–Crippen MR) is 44.9 cm³/mol. The van der Waals surface area contributed by atoms with Gasteiger partial charge < -0.3 is 4.74 Å². The fourth-order valence-corrected chi connectivity index (χ4v) is 1.56. The Morgan fingerprint density at radius 2 is 1.85 bits per heavy atom. The molecule has 1 heterocycles. The van der Waals surface area contributed by atoms with Gasteiger partial charge in [0.05, 0.1) is 18.5 Å². The van der Waals surface area contributed by atoms with Crippen molar-refractivity contribution in [1.29, 1.82) is 0 Å². The van der Waals surface area contributed by atoms with Gasteiger partial charge in [0.15, 0.2) is 5.75 Å². The van der Waals surface area contributed by atoms with Crippen LogP contribution in [0.5, 0.6) is 5.75 Å². The van der Waals surface area contributed by atoms with Crippen molar-refractivity contribution < 1.29 is 9.13 Å². The lowest BCUT2D eigenvalue weighted by Crippen LogP contribution is -2.11. The summed E-state index contributed by atoms with van der Waals surface area (Å²) in [6, 6.07) is 0. The Bertz CT molecular complexity index is 269. The highest BCUT2D eigenvalue weighted by Gasteiger charge is 2.16. The topological polar surface area (TPSA) is 35.0 Å². The van der Waals surface area contributed by atoms with E-state index in [-0.39, 0.29) is 6.10 Å². The first kappa shape index (κ1) is 8.41. The van der Waals surface area contributed by atoms with E-state index in [0.717, 1.165) is 12.8 Å². The molecule has 1 aromatic rings. The molecule has 0 aromatic carbocycles. The second-order valence-corrected chi connectivity index (χ2v) is 3.21. The summed E-state index contributed by atoms with van der Waals surface area (Å²) in [5.41, 5.74) is 0. The van der Waals surface area contributed by atoms with Gasteiger partial charge in [-0.15, -0.1) is 0 Å². The molecule has 0 atom stereocenters. The Hall–Kier alpha value is -1.19. The normalized spacial score (nSPS) is 17.6. The zero-order valence-electron chi connectivity index (χ0n) is 7.24. The molecule has 1 aliphatic carbocycles. The van der Waals surface area contributed by atoms with Gasteiger partial charge in [0.1, 0.15) is 0 Å². The minimum atomic E-state index is -0.709. The van der Waals surface area contributed by atoms with Crippen LogP contribution in [0.1, 0.15) is 25.7 Å². The summed E-state index contributed by atoms with van der Waals surface area (Å²) < 4.78 is 17.9. The zero-order valence-corrected chi connectivity index (χ0v) is 7.24. The van der Waals surface area contributed by atoms with Gasteiger partial charge in [0, 0.05) is 0 Å². The second-order valence-electron chi connectivity index (χ2n) is 3.21. The van der Waals surface area contributed by atoms with Crippen LogP contribution >= 0.6 is 0 Å². The third-order valence-electron chi connectivity index (χ3n) is 2.20. The zero-order chi connectivity index (χ0) is 9.10. The summed E-state index contributed by atoms with van der Waals surface area (Å²) in [6.45, 7) is 0. The first-order valence-corrected chi connectivity index (χ1v) is 4.49. The van der Waals surface area contributed by atoms with E-state index in [1.54, 1.807) is 0 Å². The van der Waals surface area contributed by atoms with Crippen LogP contribution in [0.3, 0.4) is 0 Å². The van der Waals surface area contributed by atoms with Crippen molar-refractivity contribution >= 4 is 0 Å².